The number of halogens is 1. The van der Waals surface area contributed by atoms with E-state index in [1.165, 1.54) is 19.3 Å². The molecular weight excluding hydrogens is 350 g/mol. The molecule has 5 atom stereocenters. The second kappa shape index (κ2) is 6.23. The van der Waals surface area contributed by atoms with Gasteiger partial charge in [-0.15, -0.1) is 0 Å². The molecule has 5 rings (SSSR count). The molecule has 0 radical (unpaired) electrons. The molecule has 0 saturated heterocycles. The van der Waals surface area contributed by atoms with Gasteiger partial charge in [0.2, 0.25) is 0 Å². The largest absolute Gasteiger partial charge is 0.390 e. The molecule has 4 saturated carbocycles. The predicted molar refractivity (Wildman–Crippen MR) is 99.1 cm³/mol. The maximum atomic E-state index is 12.9. The fraction of sp³-hybridized carbons (Fsp3) is 0.800. The predicted octanol–water partition coefficient (Wildman–Crippen LogP) is 3.71. The van der Waals surface area contributed by atoms with Crippen LogP contribution in [-0.4, -0.2) is 32.4 Å². The summed E-state index contributed by atoms with van der Waals surface area (Å²) >= 11 is 6.51. The molecule has 4 aliphatic rings. The SMILES string of the molecule is O=C(N[C@H]1CCC2CC3C[C@@](O)(C2)CC31)c1cnn(C2CCCC2)c1Cl. The van der Waals surface area contributed by atoms with Gasteiger partial charge in [-0.2, -0.15) is 5.10 Å². The Morgan fingerprint density at radius 1 is 1.23 bits per heavy atom. The number of hydrogen-bond donors (Lipinski definition) is 2. The van der Waals surface area contributed by atoms with Crippen LogP contribution in [0, 0.1) is 17.8 Å². The lowest BCUT2D eigenvalue weighted by atomic mass is 9.77. The lowest BCUT2D eigenvalue weighted by molar-refractivity contribution is -0.00594. The molecule has 0 aliphatic heterocycles. The third kappa shape index (κ3) is 2.78. The summed E-state index contributed by atoms with van der Waals surface area (Å²) in [6.07, 6.45) is 12.3. The first-order chi connectivity index (χ1) is 12.5. The van der Waals surface area contributed by atoms with E-state index in [0.29, 0.717) is 34.5 Å². The fourth-order valence-electron chi connectivity index (χ4n) is 6.45. The molecule has 0 aromatic carbocycles. The Kier molecular flexibility index (Phi) is 4.09. The molecular formula is C20H28ClN3O2. The molecule has 1 heterocycles. The summed E-state index contributed by atoms with van der Waals surface area (Å²) in [6.45, 7) is 0. The minimum absolute atomic E-state index is 0.0996. The number of nitrogens with zero attached hydrogens (tertiary/aromatic N) is 2. The minimum atomic E-state index is -0.480. The van der Waals surface area contributed by atoms with E-state index in [-0.39, 0.29) is 11.9 Å². The smallest absolute Gasteiger partial charge is 0.256 e. The topological polar surface area (TPSA) is 67.2 Å². The van der Waals surface area contributed by atoms with Crippen molar-refractivity contribution in [3.8, 4) is 0 Å². The number of hydrogen-bond acceptors (Lipinski definition) is 3. The van der Waals surface area contributed by atoms with Crippen molar-refractivity contribution in [3.05, 3.63) is 16.9 Å². The standard InChI is InChI=1S/C20H28ClN3O2/c21-18-16(11-22-24(18)14-3-1-2-4-14)19(25)23-17-6-5-12-7-13-9-20(26,8-12)10-15(13)17/h11-15,17,26H,1-10H2,(H,23,25)/t12?,13?,15?,17-,20-/m0/s1. The Hall–Kier alpha value is -1.07. The van der Waals surface area contributed by atoms with Crippen LogP contribution < -0.4 is 5.32 Å². The van der Waals surface area contributed by atoms with Crippen molar-refractivity contribution in [1.29, 1.82) is 0 Å². The first-order valence-electron chi connectivity index (χ1n) is 10.3. The average Bonchev–Trinajstić information content (AvgIpc) is 3.27. The Morgan fingerprint density at radius 2 is 2.04 bits per heavy atom. The Morgan fingerprint density at radius 3 is 2.85 bits per heavy atom. The number of fused-ring (bicyclic) bond motifs is 2. The van der Waals surface area contributed by atoms with Gasteiger partial charge in [0.25, 0.3) is 5.91 Å². The Labute approximate surface area is 159 Å². The first kappa shape index (κ1) is 17.1. The molecule has 4 fully saturated rings. The zero-order valence-electron chi connectivity index (χ0n) is 15.2. The second-order valence-corrected chi connectivity index (χ2v) is 9.61. The van der Waals surface area contributed by atoms with Crippen LogP contribution in [0.1, 0.15) is 80.6 Å². The summed E-state index contributed by atoms with van der Waals surface area (Å²) in [5, 5.41) is 19.0. The van der Waals surface area contributed by atoms with Crippen molar-refractivity contribution in [2.24, 2.45) is 17.8 Å². The molecule has 142 valence electrons. The van der Waals surface area contributed by atoms with Crippen LogP contribution >= 0.6 is 11.6 Å². The minimum Gasteiger partial charge on any atom is -0.390 e. The van der Waals surface area contributed by atoms with Gasteiger partial charge in [-0.3, -0.25) is 9.48 Å². The number of rotatable bonds is 3. The van der Waals surface area contributed by atoms with Crippen molar-refractivity contribution >= 4 is 17.5 Å². The van der Waals surface area contributed by atoms with E-state index >= 15 is 0 Å². The molecule has 6 heteroatoms. The molecule has 5 nitrogen and oxygen atoms in total. The zero-order valence-corrected chi connectivity index (χ0v) is 15.9. The van der Waals surface area contributed by atoms with Crippen LogP contribution in [0.15, 0.2) is 6.20 Å². The molecule has 3 bridgehead atoms. The van der Waals surface area contributed by atoms with Crippen LogP contribution in [0.2, 0.25) is 5.15 Å². The summed E-state index contributed by atoms with van der Waals surface area (Å²) in [5.74, 6) is 1.49. The molecule has 1 amide bonds. The lowest BCUT2D eigenvalue weighted by Gasteiger charge is -2.33. The van der Waals surface area contributed by atoms with Crippen LogP contribution in [0.4, 0.5) is 0 Å². The van der Waals surface area contributed by atoms with E-state index in [4.69, 9.17) is 11.6 Å². The molecule has 3 unspecified atom stereocenters. The molecule has 26 heavy (non-hydrogen) atoms. The number of aromatic nitrogens is 2. The third-order valence-electron chi connectivity index (χ3n) is 7.54. The normalized spacial score (nSPS) is 39.3. The highest BCUT2D eigenvalue weighted by molar-refractivity contribution is 6.32. The molecule has 1 aromatic rings. The molecule has 0 spiro atoms. The second-order valence-electron chi connectivity index (χ2n) is 9.25. The Balaban J connectivity index is 1.33. The summed E-state index contributed by atoms with van der Waals surface area (Å²) in [4.78, 5) is 12.9. The van der Waals surface area contributed by atoms with Gasteiger partial charge in [-0.05, 0) is 69.1 Å². The highest BCUT2D eigenvalue weighted by atomic mass is 35.5. The van der Waals surface area contributed by atoms with Gasteiger partial charge in [-0.1, -0.05) is 24.4 Å². The van der Waals surface area contributed by atoms with Gasteiger partial charge in [0.05, 0.1) is 23.4 Å². The van der Waals surface area contributed by atoms with Crippen molar-refractivity contribution in [2.75, 3.05) is 0 Å². The first-order valence-corrected chi connectivity index (χ1v) is 10.7. The van der Waals surface area contributed by atoms with E-state index in [1.807, 2.05) is 4.68 Å². The monoisotopic (exact) mass is 377 g/mol. The van der Waals surface area contributed by atoms with Crippen LogP contribution in [0.5, 0.6) is 0 Å². The van der Waals surface area contributed by atoms with Gasteiger partial charge >= 0.3 is 0 Å². The van der Waals surface area contributed by atoms with Gasteiger partial charge in [0.15, 0.2) is 0 Å². The van der Waals surface area contributed by atoms with Gasteiger partial charge < -0.3 is 10.4 Å². The highest BCUT2D eigenvalue weighted by Gasteiger charge is 2.53. The summed E-state index contributed by atoms with van der Waals surface area (Å²) in [7, 11) is 0. The average molecular weight is 378 g/mol. The molecule has 4 aliphatic carbocycles. The van der Waals surface area contributed by atoms with E-state index in [0.717, 1.165) is 44.9 Å². The van der Waals surface area contributed by atoms with Crippen molar-refractivity contribution < 1.29 is 9.90 Å². The van der Waals surface area contributed by atoms with E-state index in [9.17, 15) is 9.90 Å². The van der Waals surface area contributed by atoms with Crippen molar-refractivity contribution in [1.82, 2.24) is 15.1 Å². The number of carbonyl (C=O) groups excluding carboxylic acids is 1. The summed E-state index contributed by atoms with van der Waals surface area (Å²) in [6, 6.07) is 0.486. The van der Waals surface area contributed by atoms with E-state index in [2.05, 4.69) is 10.4 Å². The molecule has 2 N–H and O–H groups in total. The van der Waals surface area contributed by atoms with Gasteiger partial charge in [0, 0.05) is 6.04 Å². The third-order valence-corrected chi connectivity index (χ3v) is 7.91. The lowest BCUT2D eigenvalue weighted by Crippen LogP contribution is -2.42. The maximum Gasteiger partial charge on any atom is 0.256 e. The van der Waals surface area contributed by atoms with Crippen molar-refractivity contribution in [3.63, 3.8) is 0 Å². The maximum absolute atomic E-state index is 12.9. The number of carbonyl (C=O) groups is 1. The fourth-order valence-corrected chi connectivity index (χ4v) is 6.77. The van der Waals surface area contributed by atoms with Gasteiger partial charge in [-0.25, -0.2) is 0 Å². The van der Waals surface area contributed by atoms with E-state index < -0.39 is 5.60 Å². The zero-order chi connectivity index (χ0) is 17.9. The van der Waals surface area contributed by atoms with E-state index in [1.54, 1.807) is 6.20 Å². The number of aliphatic hydroxyl groups is 1. The number of amides is 1. The van der Waals surface area contributed by atoms with Crippen LogP contribution in [0.25, 0.3) is 0 Å². The van der Waals surface area contributed by atoms with Crippen LogP contribution in [0.3, 0.4) is 0 Å². The number of nitrogens with one attached hydrogen (secondary N) is 1. The quantitative estimate of drug-likeness (QED) is 0.843. The van der Waals surface area contributed by atoms with Crippen LogP contribution in [-0.2, 0) is 0 Å². The summed E-state index contributed by atoms with van der Waals surface area (Å²) < 4.78 is 1.84. The van der Waals surface area contributed by atoms with Gasteiger partial charge in [0.1, 0.15) is 5.15 Å². The molecule has 1 aromatic heterocycles. The van der Waals surface area contributed by atoms with Crippen molar-refractivity contribution in [2.45, 2.75) is 81.9 Å². The summed E-state index contributed by atoms with van der Waals surface area (Å²) in [5.41, 5.74) is 0.0216. The Bertz CT molecular complexity index is 714. The highest BCUT2D eigenvalue weighted by Crippen LogP contribution is 2.55.